The third kappa shape index (κ3) is 5.66. The number of amides is 1. The van der Waals surface area contributed by atoms with Crippen molar-refractivity contribution in [2.75, 3.05) is 10.6 Å². The Morgan fingerprint density at radius 2 is 1.86 bits per heavy atom. The van der Waals surface area contributed by atoms with Crippen LogP contribution in [0, 0.1) is 6.92 Å². The predicted octanol–water partition coefficient (Wildman–Crippen LogP) is 4.20. The molecule has 10 nitrogen and oxygen atoms in total. The van der Waals surface area contributed by atoms with Crippen molar-refractivity contribution >= 4 is 27.6 Å². The number of ether oxygens (including phenoxy) is 1. The summed E-state index contributed by atoms with van der Waals surface area (Å²) in [5, 5.41) is -0.333. The van der Waals surface area contributed by atoms with Crippen molar-refractivity contribution in [3.63, 3.8) is 0 Å². The first-order valence-electron chi connectivity index (χ1n) is 12.2. The van der Waals surface area contributed by atoms with Crippen molar-refractivity contribution in [2.45, 2.75) is 70.7 Å². The van der Waals surface area contributed by atoms with Crippen LogP contribution in [0.2, 0.25) is 0 Å². The number of hydrogen-bond acceptors (Lipinski definition) is 9. The summed E-state index contributed by atoms with van der Waals surface area (Å²) in [7, 11) is -4.24. The molecule has 37 heavy (non-hydrogen) atoms. The molecule has 2 atom stereocenters. The van der Waals surface area contributed by atoms with Gasteiger partial charge in [-0.2, -0.15) is 8.42 Å². The predicted molar refractivity (Wildman–Crippen MR) is 146 cm³/mol. The van der Waals surface area contributed by atoms with Crippen LogP contribution >= 0.6 is 0 Å². The second kappa shape index (κ2) is 10.3. The van der Waals surface area contributed by atoms with E-state index < -0.39 is 15.9 Å². The molecule has 1 amide bonds. The van der Waals surface area contributed by atoms with Gasteiger partial charge in [-0.05, 0) is 77.3 Å². The Labute approximate surface area is 220 Å². The molecule has 0 bridgehead atoms. The summed E-state index contributed by atoms with van der Waals surface area (Å²) < 4.78 is 33.6. The van der Waals surface area contributed by atoms with Gasteiger partial charge in [0.15, 0.2) is 5.03 Å². The summed E-state index contributed by atoms with van der Waals surface area (Å²) in [6, 6.07) is 9.61. The SMILES string of the molecule is Cc1cc(OC(C)C)ncc1-c1ccc(C(=O)NS(=O)(=O)c2cccc(N)n2)c(N2[C@H](C)CC[C@@H]2C)n1.[HH].[HH]. The summed E-state index contributed by atoms with van der Waals surface area (Å²) in [6.07, 6.45) is 3.56. The standard InChI is InChI=1S/C26H32N6O4S.2H2/c1-15(2)36-23-13-16(3)20(14-28-23)21-12-11-19(25(29-21)32-17(4)9-10-18(32)5)26(33)31-37(34,35)24-8-6-7-22(27)30-24;;/h6-8,11-15,17-18H,9-10H2,1-5H3,(H2,27,30)(H,31,33);2*1H/t17-,18+;;. The monoisotopic (exact) mass is 528 g/mol. The van der Waals surface area contributed by atoms with E-state index in [1.165, 1.54) is 18.2 Å². The normalized spacial score (nSPS) is 17.7. The Morgan fingerprint density at radius 3 is 2.49 bits per heavy atom. The van der Waals surface area contributed by atoms with Gasteiger partial charge >= 0.3 is 0 Å². The van der Waals surface area contributed by atoms with Gasteiger partial charge in [-0.15, -0.1) is 0 Å². The third-order valence-corrected chi connectivity index (χ3v) is 7.51. The van der Waals surface area contributed by atoms with E-state index in [1.54, 1.807) is 18.3 Å². The topological polar surface area (TPSA) is 140 Å². The Hall–Kier alpha value is -3.73. The maximum atomic E-state index is 13.3. The summed E-state index contributed by atoms with van der Waals surface area (Å²) in [5.41, 5.74) is 8.12. The van der Waals surface area contributed by atoms with Gasteiger partial charge in [0.05, 0.1) is 17.4 Å². The number of rotatable bonds is 7. The lowest BCUT2D eigenvalue weighted by molar-refractivity contribution is 0.0981. The van der Waals surface area contributed by atoms with Gasteiger partial charge in [-0.3, -0.25) is 4.79 Å². The Morgan fingerprint density at radius 1 is 1.16 bits per heavy atom. The summed E-state index contributed by atoms with van der Waals surface area (Å²) in [5.74, 6) is 0.190. The van der Waals surface area contributed by atoms with Crippen molar-refractivity contribution < 1.29 is 20.8 Å². The van der Waals surface area contributed by atoms with Crippen LogP contribution in [0.4, 0.5) is 11.6 Å². The molecular weight excluding hydrogens is 492 g/mol. The van der Waals surface area contributed by atoms with Crippen LogP contribution in [0.15, 0.2) is 47.6 Å². The highest BCUT2D eigenvalue weighted by Crippen LogP contribution is 2.34. The molecule has 200 valence electrons. The smallest absolute Gasteiger partial charge is 0.281 e. The minimum Gasteiger partial charge on any atom is -0.475 e. The minimum atomic E-state index is -4.24. The first-order chi connectivity index (χ1) is 17.5. The van der Waals surface area contributed by atoms with E-state index in [9.17, 15) is 13.2 Å². The number of pyridine rings is 3. The zero-order valence-corrected chi connectivity index (χ0v) is 22.4. The fraction of sp³-hybridized carbons (Fsp3) is 0.385. The largest absolute Gasteiger partial charge is 0.475 e. The van der Waals surface area contributed by atoms with Crippen molar-refractivity contribution in [1.29, 1.82) is 0 Å². The average molecular weight is 529 g/mol. The number of aromatic nitrogens is 3. The van der Waals surface area contributed by atoms with E-state index in [-0.39, 0.29) is 37.4 Å². The number of aryl methyl sites for hydroxylation is 1. The molecule has 0 saturated carbocycles. The van der Waals surface area contributed by atoms with Crippen molar-refractivity contribution in [2.24, 2.45) is 0 Å². The molecular formula is C26H36N6O4S. The summed E-state index contributed by atoms with van der Waals surface area (Å²) in [4.78, 5) is 28.5. The van der Waals surface area contributed by atoms with E-state index in [0.29, 0.717) is 17.4 Å². The fourth-order valence-corrected chi connectivity index (χ4v) is 5.44. The van der Waals surface area contributed by atoms with Gasteiger partial charge in [0.2, 0.25) is 5.88 Å². The van der Waals surface area contributed by atoms with Gasteiger partial charge in [-0.1, -0.05) is 6.07 Å². The fourth-order valence-electron chi connectivity index (χ4n) is 4.50. The molecule has 0 spiro atoms. The van der Waals surface area contributed by atoms with Crippen LogP contribution in [0.1, 0.15) is 59.3 Å². The molecule has 0 aliphatic carbocycles. The number of sulfonamides is 1. The number of carbonyl (C=O) groups excluding carboxylic acids is 1. The Balaban J connectivity index is 0.00000267. The maximum Gasteiger partial charge on any atom is 0.281 e. The van der Waals surface area contributed by atoms with Crippen LogP contribution in [0.3, 0.4) is 0 Å². The van der Waals surface area contributed by atoms with Crippen LogP contribution < -0.4 is 20.1 Å². The molecule has 1 aliphatic heterocycles. The Bertz CT molecular complexity index is 1430. The molecule has 0 radical (unpaired) electrons. The second-order valence-electron chi connectivity index (χ2n) is 9.59. The first-order valence-corrected chi connectivity index (χ1v) is 13.7. The molecule has 1 saturated heterocycles. The van der Waals surface area contributed by atoms with E-state index >= 15 is 0 Å². The minimum absolute atomic E-state index is 0. The van der Waals surface area contributed by atoms with Gasteiger partial charge in [0, 0.05) is 32.8 Å². The van der Waals surface area contributed by atoms with E-state index in [2.05, 4.69) is 33.4 Å². The Kier molecular flexibility index (Phi) is 7.35. The number of nitrogen functional groups attached to an aromatic ring is 1. The molecule has 0 unspecified atom stereocenters. The van der Waals surface area contributed by atoms with Crippen molar-refractivity contribution in [1.82, 2.24) is 19.7 Å². The lowest BCUT2D eigenvalue weighted by Crippen LogP contribution is -2.37. The third-order valence-electron chi connectivity index (χ3n) is 6.28. The van der Waals surface area contributed by atoms with E-state index in [4.69, 9.17) is 15.5 Å². The van der Waals surface area contributed by atoms with Gasteiger partial charge in [0.25, 0.3) is 15.9 Å². The molecule has 0 aromatic carbocycles. The zero-order chi connectivity index (χ0) is 26.9. The number of nitrogens with one attached hydrogen (secondary N) is 1. The number of hydrogen-bond donors (Lipinski definition) is 2. The highest BCUT2D eigenvalue weighted by molar-refractivity contribution is 7.90. The molecule has 1 fully saturated rings. The van der Waals surface area contributed by atoms with Crippen LogP contribution in [-0.4, -0.2) is 47.5 Å². The van der Waals surface area contributed by atoms with E-state index in [1.807, 2.05) is 26.8 Å². The number of nitrogens with zero attached hydrogens (tertiary/aromatic N) is 4. The molecule has 3 N–H and O–H groups in total. The highest BCUT2D eigenvalue weighted by atomic mass is 32.2. The number of anilines is 2. The number of nitrogens with two attached hydrogens (primary N) is 1. The second-order valence-corrected chi connectivity index (χ2v) is 11.2. The quantitative estimate of drug-likeness (QED) is 0.461. The lowest BCUT2D eigenvalue weighted by Gasteiger charge is -2.29. The molecule has 3 aromatic rings. The molecule has 4 heterocycles. The molecule has 1 aliphatic rings. The molecule has 4 rings (SSSR count). The summed E-state index contributed by atoms with van der Waals surface area (Å²) in [6.45, 7) is 9.95. The lowest BCUT2D eigenvalue weighted by atomic mass is 10.1. The van der Waals surface area contributed by atoms with Crippen molar-refractivity contribution in [3.8, 4) is 17.1 Å². The van der Waals surface area contributed by atoms with Crippen LogP contribution in [0.5, 0.6) is 5.88 Å². The average Bonchev–Trinajstić information content (AvgIpc) is 3.16. The highest BCUT2D eigenvalue weighted by Gasteiger charge is 2.33. The molecule has 11 heteroatoms. The van der Waals surface area contributed by atoms with E-state index in [0.717, 1.165) is 24.0 Å². The van der Waals surface area contributed by atoms with Gasteiger partial charge in [0.1, 0.15) is 11.6 Å². The molecule has 3 aromatic heterocycles. The van der Waals surface area contributed by atoms with Gasteiger partial charge in [-0.25, -0.2) is 19.7 Å². The summed E-state index contributed by atoms with van der Waals surface area (Å²) >= 11 is 0. The van der Waals surface area contributed by atoms with Crippen molar-refractivity contribution in [3.05, 3.63) is 53.7 Å². The number of carbonyl (C=O) groups is 1. The van der Waals surface area contributed by atoms with Crippen LogP contribution in [0.25, 0.3) is 11.3 Å². The maximum absolute atomic E-state index is 13.3. The van der Waals surface area contributed by atoms with Gasteiger partial charge < -0.3 is 15.4 Å². The van der Waals surface area contributed by atoms with Crippen LogP contribution in [-0.2, 0) is 10.0 Å². The zero-order valence-electron chi connectivity index (χ0n) is 21.6. The first kappa shape index (κ1) is 26.3.